The molecule has 0 radical (unpaired) electrons. The van der Waals surface area contributed by atoms with Gasteiger partial charge in [0.05, 0.1) is 17.1 Å². The molecule has 0 aliphatic carbocycles. The number of hydrogen-bond acceptors (Lipinski definition) is 5. The molecule has 2 fully saturated rings. The minimum Gasteiger partial charge on any atom is -0.370 e. The number of aromatic nitrogens is 2. The fraction of sp³-hybridized carbons (Fsp3) is 0.500. The lowest BCUT2D eigenvalue weighted by molar-refractivity contribution is -0.134. The molecule has 7 nitrogen and oxygen atoms in total. The number of carbonyl (C=O) groups excluding carboxylic acids is 2. The second-order valence-electron chi connectivity index (χ2n) is 6.80. The Morgan fingerprint density at radius 2 is 2.08 bits per heavy atom. The van der Waals surface area contributed by atoms with E-state index in [1.807, 2.05) is 11.7 Å². The van der Waals surface area contributed by atoms with Crippen LogP contribution in [-0.4, -0.2) is 47.8 Å². The number of amides is 2. The first kappa shape index (κ1) is 16.1. The highest BCUT2D eigenvalue weighted by Gasteiger charge is 2.31. The average Bonchev–Trinajstić information content (AvgIpc) is 2.78. The van der Waals surface area contributed by atoms with Crippen LogP contribution < -0.4 is 15.5 Å². The van der Waals surface area contributed by atoms with Gasteiger partial charge in [-0.05, 0) is 37.6 Å². The molecule has 0 saturated carbocycles. The van der Waals surface area contributed by atoms with Crippen molar-refractivity contribution in [1.29, 1.82) is 0 Å². The predicted molar refractivity (Wildman–Crippen MR) is 95.5 cm³/mol. The number of aryl methyl sites for hydroxylation is 1. The van der Waals surface area contributed by atoms with Crippen molar-refractivity contribution < 1.29 is 9.59 Å². The monoisotopic (exact) mass is 341 g/mol. The van der Waals surface area contributed by atoms with Gasteiger partial charge in [-0.3, -0.25) is 19.6 Å². The number of rotatable bonds is 2. The first-order valence-corrected chi connectivity index (χ1v) is 8.89. The number of nitrogens with one attached hydrogen (secondary N) is 2. The topological polar surface area (TPSA) is 79.3 Å². The second kappa shape index (κ2) is 6.48. The summed E-state index contributed by atoms with van der Waals surface area (Å²) in [6.45, 7) is 4.08. The number of fused-ring (bicyclic) bond motifs is 1. The molecule has 2 N–H and O–H groups in total. The van der Waals surface area contributed by atoms with E-state index in [0.717, 1.165) is 49.2 Å². The molecule has 1 aromatic carbocycles. The third-order valence-electron chi connectivity index (χ3n) is 5.14. The maximum Gasteiger partial charge on any atom is 0.235 e. The first-order chi connectivity index (χ1) is 12.1. The summed E-state index contributed by atoms with van der Waals surface area (Å²) in [4.78, 5) is 26.0. The van der Waals surface area contributed by atoms with E-state index < -0.39 is 0 Å². The summed E-state index contributed by atoms with van der Waals surface area (Å²) in [5.74, 6) is -0.785. The van der Waals surface area contributed by atoms with Crippen LogP contribution in [0.3, 0.4) is 0 Å². The predicted octanol–water partition coefficient (Wildman–Crippen LogP) is 0.893. The van der Waals surface area contributed by atoms with E-state index in [1.165, 1.54) is 5.69 Å². The first-order valence-electron chi connectivity index (χ1n) is 8.89. The van der Waals surface area contributed by atoms with Gasteiger partial charge in [0.15, 0.2) is 0 Å². The minimum atomic E-state index is -0.352. The van der Waals surface area contributed by atoms with Crippen molar-refractivity contribution in [2.24, 2.45) is 7.05 Å². The zero-order valence-corrected chi connectivity index (χ0v) is 14.4. The van der Waals surface area contributed by atoms with Gasteiger partial charge in [0.2, 0.25) is 11.8 Å². The van der Waals surface area contributed by atoms with Gasteiger partial charge >= 0.3 is 0 Å². The number of hydrogen-bond donors (Lipinski definition) is 2. The molecule has 132 valence electrons. The van der Waals surface area contributed by atoms with E-state index in [4.69, 9.17) is 0 Å². The van der Waals surface area contributed by atoms with E-state index in [-0.39, 0.29) is 17.7 Å². The molecular weight excluding hydrogens is 318 g/mol. The molecule has 25 heavy (non-hydrogen) atoms. The number of imide groups is 1. The molecule has 2 aliphatic heterocycles. The van der Waals surface area contributed by atoms with Crippen molar-refractivity contribution in [3.05, 3.63) is 23.9 Å². The minimum absolute atomic E-state index is 0.196. The highest BCUT2D eigenvalue weighted by Crippen LogP contribution is 2.32. The summed E-state index contributed by atoms with van der Waals surface area (Å²) in [5.41, 5.74) is 2.98. The van der Waals surface area contributed by atoms with Gasteiger partial charge in [-0.25, -0.2) is 0 Å². The van der Waals surface area contributed by atoms with Crippen molar-refractivity contribution in [2.75, 3.05) is 31.1 Å². The van der Waals surface area contributed by atoms with Gasteiger partial charge < -0.3 is 10.2 Å². The zero-order valence-electron chi connectivity index (χ0n) is 14.4. The van der Waals surface area contributed by atoms with Crippen molar-refractivity contribution in [2.45, 2.75) is 25.2 Å². The fourth-order valence-electron chi connectivity index (χ4n) is 3.79. The molecule has 1 unspecified atom stereocenters. The number of piperidine rings is 1. The Morgan fingerprint density at radius 1 is 1.20 bits per heavy atom. The molecule has 3 heterocycles. The number of benzene rings is 1. The molecular formula is C18H23N5O2. The highest BCUT2D eigenvalue weighted by atomic mass is 16.2. The van der Waals surface area contributed by atoms with E-state index in [0.29, 0.717) is 12.8 Å². The largest absolute Gasteiger partial charge is 0.370 e. The lowest BCUT2D eigenvalue weighted by Gasteiger charge is -2.22. The van der Waals surface area contributed by atoms with Crippen molar-refractivity contribution in [1.82, 2.24) is 20.4 Å². The van der Waals surface area contributed by atoms with Crippen LogP contribution in [0.25, 0.3) is 10.9 Å². The Kier molecular flexibility index (Phi) is 4.17. The summed E-state index contributed by atoms with van der Waals surface area (Å²) >= 11 is 0. The summed E-state index contributed by atoms with van der Waals surface area (Å²) in [5, 5.41) is 11.5. The van der Waals surface area contributed by atoms with E-state index in [2.05, 4.69) is 38.8 Å². The fourth-order valence-corrected chi connectivity index (χ4v) is 3.79. The smallest absolute Gasteiger partial charge is 0.235 e. The van der Waals surface area contributed by atoms with Gasteiger partial charge in [0.25, 0.3) is 0 Å². The number of carbonyl (C=O) groups is 2. The van der Waals surface area contributed by atoms with Crippen LogP contribution in [-0.2, 0) is 16.6 Å². The van der Waals surface area contributed by atoms with Crippen molar-refractivity contribution in [3.8, 4) is 0 Å². The Labute approximate surface area is 146 Å². The average molecular weight is 341 g/mol. The molecule has 0 spiro atoms. The highest BCUT2D eigenvalue weighted by molar-refractivity contribution is 6.02. The second-order valence-corrected chi connectivity index (χ2v) is 6.80. The van der Waals surface area contributed by atoms with Crippen LogP contribution in [0.1, 0.15) is 30.9 Å². The lowest BCUT2D eigenvalue weighted by atomic mass is 9.93. The molecule has 2 saturated heterocycles. The quantitative estimate of drug-likeness (QED) is 0.793. The maximum absolute atomic E-state index is 12.2. The molecule has 2 aromatic rings. The third kappa shape index (κ3) is 3.00. The van der Waals surface area contributed by atoms with Crippen molar-refractivity contribution >= 4 is 28.4 Å². The van der Waals surface area contributed by atoms with E-state index in [9.17, 15) is 9.59 Å². The summed E-state index contributed by atoms with van der Waals surface area (Å²) < 4.78 is 1.84. The SMILES string of the molecule is Cn1nc(C2CCC(=O)NC2=O)c2ccc(N3CCCNCC3)cc21. The molecule has 4 rings (SSSR count). The van der Waals surface area contributed by atoms with Crippen molar-refractivity contribution in [3.63, 3.8) is 0 Å². The molecule has 0 bridgehead atoms. The van der Waals surface area contributed by atoms with Crippen LogP contribution in [0.15, 0.2) is 18.2 Å². The standard InChI is InChI=1S/C18H23N5O2/c1-22-15-11-12(23-9-2-7-19-8-10-23)3-4-13(15)17(21-22)14-5-6-16(24)20-18(14)25/h3-4,11,14,19H,2,5-10H2,1H3,(H,20,24,25). The van der Waals surface area contributed by atoms with Gasteiger partial charge in [0, 0.05) is 44.2 Å². The number of nitrogens with zero attached hydrogens (tertiary/aromatic N) is 3. The van der Waals surface area contributed by atoms with Crippen LogP contribution in [0.2, 0.25) is 0 Å². The summed E-state index contributed by atoms with van der Waals surface area (Å²) in [6, 6.07) is 6.34. The van der Waals surface area contributed by atoms with Crippen LogP contribution in [0.4, 0.5) is 5.69 Å². The lowest BCUT2D eigenvalue weighted by Crippen LogP contribution is -2.39. The Morgan fingerprint density at radius 3 is 2.92 bits per heavy atom. The van der Waals surface area contributed by atoms with Gasteiger partial charge in [-0.1, -0.05) is 0 Å². The van der Waals surface area contributed by atoms with Crippen LogP contribution in [0, 0.1) is 0 Å². The molecule has 2 aliphatic rings. The summed E-state index contributed by atoms with van der Waals surface area (Å²) in [6.07, 6.45) is 2.02. The Bertz CT molecular complexity index is 820. The normalized spacial score (nSPS) is 22.1. The van der Waals surface area contributed by atoms with E-state index >= 15 is 0 Å². The van der Waals surface area contributed by atoms with Gasteiger partial charge in [-0.2, -0.15) is 5.10 Å². The Balaban J connectivity index is 1.69. The summed E-state index contributed by atoms with van der Waals surface area (Å²) in [7, 11) is 1.91. The van der Waals surface area contributed by atoms with Gasteiger partial charge in [0.1, 0.15) is 0 Å². The molecule has 7 heteroatoms. The molecule has 1 atom stereocenters. The number of anilines is 1. The van der Waals surface area contributed by atoms with Crippen LogP contribution in [0.5, 0.6) is 0 Å². The zero-order chi connectivity index (χ0) is 17.4. The third-order valence-corrected chi connectivity index (χ3v) is 5.14. The van der Waals surface area contributed by atoms with Crippen LogP contribution >= 0.6 is 0 Å². The molecule has 1 aromatic heterocycles. The van der Waals surface area contributed by atoms with E-state index in [1.54, 1.807) is 0 Å². The molecule has 2 amide bonds. The maximum atomic E-state index is 12.2. The Hall–Kier alpha value is -2.41. The van der Waals surface area contributed by atoms with Gasteiger partial charge in [-0.15, -0.1) is 0 Å².